The number of methoxy groups -OCH3 is 1. The summed E-state index contributed by atoms with van der Waals surface area (Å²) in [7, 11) is 3.89. The van der Waals surface area contributed by atoms with E-state index in [1.54, 1.807) is 7.11 Å². The highest BCUT2D eigenvalue weighted by atomic mass is 16.5. The van der Waals surface area contributed by atoms with E-state index in [1.165, 1.54) is 11.1 Å². The van der Waals surface area contributed by atoms with Crippen molar-refractivity contribution in [1.29, 1.82) is 0 Å². The summed E-state index contributed by atoms with van der Waals surface area (Å²) in [6.45, 7) is 4.14. The molecular formula is C23H27N3O2. The Bertz CT molecular complexity index is 914. The van der Waals surface area contributed by atoms with Crippen LogP contribution in [-0.4, -0.2) is 42.9 Å². The van der Waals surface area contributed by atoms with Gasteiger partial charge in [-0.15, -0.1) is 0 Å². The number of aryl methyl sites for hydroxylation is 1. The number of benzene rings is 2. The van der Waals surface area contributed by atoms with Gasteiger partial charge in [0.2, 0.25) is 0 Å². The molecule has 0 bridgehead atoms. The summed E-state index contributed by atoms with van der Waals surface area (Å²) in [5, 5.41) is 2.33. The maximum Gasteiger partial charge on any atom is 0.183 e. The fourth-order valence-electron chi connectivity index (χ4n) is 4.53. The lowest BCUT2D eigenvalue weighted by Gasteiger charge is -2.51. The van der Waals surface area contributed by atoms with Crippen molar-refractivity contribution in [2.24, 2.45) is 0 Å². The van der Waals surface area contributed by atoms with Crippen molar-refractivity contribution in [1.82, 2.24) is 15.3 Å². The first-order valence-corrected chi connectivity index (χ1v) is 9.99. The van der Waals surface area contributed by atoms with Gasteiger partial charge in [-0.3, -0.25) is 0 Å². The standard InChI is InChI=1S/C23H27N3O2/c1-16-7-9-17(10-8-16)19-15-20-18-5-4-6-21(27-3)22(18)28-23(26(20)24-19)11-13-25(2)14-12-23/h4-10,15,20,24H,11-14H2,1-3H3/t20-/m0/s1. The molecule has 3 aliphatic rings. The van der Waals surface area contributed by atoms with E-state index in [0.29, 0.717) is 0 Å². The average Bonchev–Trinajstić information content (AvgIpc) is 3.17. The summed E-state index contributed by atoms with van der Waals surface area (Å²) < 4.78 is 12.4. The molecule has 0 radical (unpaired) electrons. The van der Waals surface area contributed by atoms with Crippen molar-refractivity contribution >= 4 is 5.70 Å². The second-order valence-electron chi connectivity index (χ2n) is 8.10. The van der Waals surface area contributed by atoms with Gasteiger partial charge in [-0.1, -0.05) is 42.0 Å². The second kappa shape index (κ2) is 6.54. The van der Waals surface area contributed by atoms with Crippen LogP contribution in [0.1, 0.15) is 35.6 Å². The van der Waals surface area contributed by atoms with Gasteiger partial charge in [0.05, 0.1) is 18.8 Å². The van der Waals surface area contributed by atoms with Crippen LogP contribution in [0, 0.1) is 6.92 Å². The lowest BCUT2D eigenvalue weighted by molar-refractivity contribution is -0.158. The molecule has 5 heteroatoms. The predicted octanol–water partition coefficient (Wildman–Crippen LogP) is 3.72. The number of hydrazine groups is 1. The highest BCUT2D eigenvalue weighted by molar-refractivity contribution is 5.68. The van der Waals surface area contributed by atoms with Gasteiger partial charge < -0.3 is 19.8 Å². The van der Waals surface area contributed by atoms with Crippen molar-refractivity contribution in [2.75, 3.05) is 27.2 Å². The molecule has 5 rings (SSSR count). The third kappa shape index (κ3) is 2.69. The number of para-hydroxylation sites is 1. The number of hydrogen-bond acceptors (Lipinski definition) is 5. The number of rotatable bonds is 2. The first kappa shape index (κ1) is 17.6. The third-order valence-corrected chi connectivity index (χ3v) is 6.25. The summed E-state index contributed by atoms with van der Waals surface area (Å²) in [5.74, 6) is 1.70. The van der Waals surface area contributed by atoms with E-state index in [4.69, 9.17) is 9.47 Å². The lowest BCUT2D eigenvalue weighted by atomic mass is 9.92. The van der Waals surface area contributed by atoms with Gasteiger partial charge in [0.15, 0.2) is 17.2 Å². The Labute approximate surface area is 166 Å². The van der Waals surface area contributed by atoms with Crippen LogP contribution in [0.3, 0.4) is 0 Å². The Kier molecular flexibility index (Phi) is 4.11. The zero-order valence-electron chi connectivity index (χ0n) is 16.7. The van der Waals surface area contributed by atoms with Gasteiger partial charge in [0.25, 0.3) is 0 Å². The number of piperidine rings is 1. The van der Waals surface area contributed by atoms with Gasteiger partial charge in [0, 0.05) is 31.5 Å². The molecule has 0 amide bonds. The number of likely N-dealkylation sites (tertiary alicyclic amines) is 1. The zero-order valence-corrected chi connectivity index (χ0v) is 16.7. The molecule has 1 saturated heterocycles. The second-order valence-corrected chi connectivity index (χ2v) is 8.10. The lowest BCUT2D eigenvalue weighted by Crippen LogP contribution is -2.63. The van der Waals surface area contributed by atoms with E-state index in [9.17, 15) is 0 Å². The van der Waals surface area contributed by atoms with E-state index >= 15 is 0 Å². The van der Waals surface area contributed by atoms with Crippen molar-refractivity contribution in [2.45, 2.75) is 31.5 Å². The van der Waals surface area contributed by atoms with Crippen LogP contribution in [0.15, 0.2) is 48.5 Å². The molecule has 1 atom stereocenters. The van der Waals surface area contributed by atoms with Gasteiger partial charge >= 0.3 is 0 Å². The number of nitrogens with one attached hydrogen (secondary N) is 1. The van der Waals surface area contributed by atoms with Crippen LogP contribution in [0.5, 0.6) is 11.5 Å². The minimum absolute atomic E-state index is 0.124. The van der Waals surface area contributed by atoms with Crippen molar-refractivity contribution in [3.05, 3.63) is 65.2 Å². The van der Waals surface area contributed by atoms with E-state index in [0.717, 1.165) is 48.7 Å². The summed E-state index contributed by atoms with van der Waals surface area (Å²) in [5.41, 5.74) is 8.08. The van der Waals surface area contributed by atoms with E-state index in [-0.39, 0.29) is 11.8 Å². The molecule has 146 valence electrons. The molecule has 1 spiro atoms. The van der Waals surface area contributed by atoms with Crippen molar-refractivity contribution < 1.29 is 9.47 Å². The first-order chi connectivity index (χ1) is 13.6. The average molecular weight is 377 g/mol. The molecule has 3 heterocycles. The Balaban J connectivity index is 1.60. The highest BCUT2D eigenvalue weighted by Gasteiger charge is 2.52. The normalized spacial score (nSPS) is 23.4. The summed E-state index contributed by atoms with van der Waals surface area (Å²) in [6.07, 6.45) is 4.21. The smallest absolute Gasteiger partial charge is 0.183 e. The maximum atomic E-state index is 6.73. The predicted molar refractivity (Wildman–Crippen MR) is 110 cm³/mol. The minimum Gasteiger partial charge on any atom is -0.493 e. The van der Waals surface area contributed by atoms with E-state index in [2.05, 4.69) is 65.7 Å². The molecule has 1 N–H and O–H groups in total. The molecule has 2 aromatic rings. The quantitative estimate of drug-likeness (QED) is 0.863. The number of nitrogens with zero attached hydrogens (tertiary/aromatic N) is 2. The summed E-state index contributed by atoms with van der Waals surface area (Å²) >= 11 is 0. The Morgan fingerprint density at radius 2 is 1.86 bits per heavy atom. The molecule has 0 unspecified atom stereocenters. The largest absolute Gasteiger partial charge is 0.493 e. The molecule has 0 saturated carbocycles. The molecule has 0 aromatic heterocycles. The van der Waals surface area contributed by atoms with Gasteiger partial charge in [0.1, 0.15) is 0 Å². The van der Waals surface area contributed by atoms with Gasteiger partial charge in [-0.2, -0.15) is 5.01 Å². The van der Waals surface area contributed by atoms with E-state index < -0.39 is 0 Å². The van der Waals surface area contributed by atoms with Crippen LogP contribution >= 0.6 is 0 Å². The van der Waals surface area contributed by atoms with Crippen LogP contribution in [-0.2, 0) is 0 Å². The molecule has 28 heavy (non-hydrogen) atoms. The SMILES string of the molecule is COc1cccc2c1OC1(CCN(C)CC1)N1NC(c3ccc(C)cc3)=C[C@@H]21. The molecule has 0 aliphatic carbocycles. The monoisotopic (exact) mass is 377 g/mol. The Morgan fingerprint density at radius 3 is 2.57 bits per heavy atom. The minimum atomic E-state index is -0.373. The van der Waals surface area contributed by atoms with Crippen molar-refractivity contribution in [3.63, 3.8) is 0 Å². The molecule has 2 aromatic carbocycles. The number of fused-ring (bicyclic) bond motifs is 4. The van der Waals surface area contributed by atoms with Crippen LogP contribution in [0.25, 0.3) is 5.70 Å². The van der Waals surface area contributed by atoms with Crippen LogP contribution < -0.4 is 14.9 Å². The summed E-state index contributed by atoms with van der Waals surface area (Å²) in [6, 6.07) is 15.0. The molecule has 5 nitrogen and oxygen atoms in total. The Hall–Kier alpha value is -2.50. The van der Waals surface area contributed by atoms with Gasteiger partial charge in [-0.25, -0.2) is 0 Å². The Morgan fingerprint density at radius 1 is 1.11 bits per heavy atom. The molecular weight excluding hydrogens is 350 g/mol. The summed E-state index contributed by atoms with van der Waals surface area (Å²) in [4.78, 5) is 2.37. The fourth-order valence-corrected chi connectivity index (χ4v) is 4.53. The van der Waals surface area contributed by atoms with Gasteiger partial charge in [-0.05, 0) is 31.7 Å². The third-order valence-electron chi connectivity index (χ3n) is 6.25. The highest BCUT2D eigenvalue weighted by Crippen LogP contribution is 2.51. The van der Waals surface area contributed by atoms with Crippen LogP contribution in [0.4, 0.5) is 0 Å². The fraction of sp³-hybridized carbons (Fsp3) is 0.391. The number of hydrogen-bond donors (Lipinski definition) is 1. The zero-order chi connectivity index (χ0) is 19.3. The first-order valence-electron chi connectivity index (χ1n) is 9.99. The van der Waals surface area contributed by atoms with E-state index in [1.807, 2.05) is 12.1 Å². The maximum absolute atomic E-state index is 6.73. The molecule has 1 fully saturated rings. The molecule has 3 aliphatic heterocycles. The topological polar surface area (TPSA) is 37.0 Å². The van der Waals surface area contributed by atoms with Crippen molar-refractivity contribution in [3.8, 4) is 11.5 Å². The van der Waals surface area contributed by atoms with Crippen LogP contribution in [0.2, 0.25) is 0 Å². The number of ether oxygens (including phenoxy) is 2.